The largest absolute Gasteiger partial charge is 0.497 e. The highest BCUT2D eigenvalue weighted by Crippen LogP contribution is 2.32. The summed E-state index contributed by atoms with van der Waals surface area (Å²) in [5.41, 5.74) is -0.0570. The predicted octanol–water partition coefficient (Wildman–Crippen LogP) is 4.37. The number of methoxy groups -OCH3 is 1. The van der Waals surface area contributed by atoms with Gasteiger partial charge in [0.1, 0.15) is 11.6 Å². The fourth-order valence-corrected chi connectivity index (χ4v) is 3.46. The highest BCUT2D eigenvalue weighted by Gasteiger charge is 2.35. The molecular formula is C20H24F3N5OS. The number of thiocarbonyl (C=S) groups is 1. The molecule has 6 nitrogen and oxygen atoms in total. The number of hydrogen-bond donors (Lipinski definition) is 2. The summed E-state index contributed by atoms with van der Waals surface area (Å²) >= 11 is 5.22. The Balaban J connectivity index is 1.73. The average molecular weight is 440 g/mol. The first-order valence-corrected chi connectivity index (χ1v) is 10.1. The van der Waals surface area contributed by atoms with Gasteiger partial charge in [-0.2, -0.15) is 18.2 Å². The Hall–Kier alpha value is -2.62. The van der Waals surface area contributed by atoms with Gasteiger partial charge in [-0.25, -0.2) is 4.98 Å². The smallest absolute Gasteiger partial charge is 0.433 e. The molecule has 1 aromatic carbocycles. The summed E-state index contributed by atoms with van der Waals surface area (Å²) in [6, 6.07) is 8.48. The number of rotatable bonds is 5. The van der Waals surface area contributed by atoms with E-state index >= 15 is 0 Å². The number of alkyl halides is 3. The van der Waals surface area contributed by atoms with E-state index < -0.39 is 11.9 Å². The molecule has 2 N–H and O–H groups in total. The lowest BCUT2D eigenvalue weighted by atomic mass is 10.0. The maximum atomic E-state index is 13.4. The van der Waals surface area contributed by atoms with Crippen LogP contribution in [0.2, 0.25) is 0 Å². The third kappa shape index (κ3) is 5.71. The van der Waals surface area contributed by atoms with E-state index in [1.807, 2.05) is 36.1 Å². The molecule has 2 aromatic rings. The molecule has 0 aliphatic carbocycles. The van der Waals surface area contributed by atoms with Gasteiger partial charge in [0, 0.05) is 25.2 Å². The van der Waals surface area contributed by atoms with Crippen LogP contribution in [-0.4, -0.2) is 34.8 Å². The Morgan fingerprint density at radius 2 is 1.97 bits per heavy atom. The molecule has 0 bridgehead atoms. The molecule has 1 aromatic heterocycles. The first-order chi connectivity index (χ1) is 14.3. The summed E-state index contributed by atoms with van der Waals surface area (Å²) in [6.07, 6.45) is -1.69. The molecule has 1 atom stereocenters. The van der Waals surface area contributed by atoms with Gasteiger partial charge in [0.25, 0.3) is 0 Å². The SMILES string of the molecule is COc1ccc(CNC(=S)Nc2nc(N3CCCC[C@H]3C)cc(C(F)(F)F)n2)cc1. The third-order valence-electron chi connectivity index (χ3n) is 4.94. The fourth-order valence-electron chi connectivity index (χ4n) is 3.29. The number of benzene rings is 1. The van der Waals surface area contributed by atoms with Crippen LogP contribution >= 0.6 is 12.2 Å². The van der Waals surface area contributed by atoms with Crippen LogP contribution in [0.5, 0.6) is 5.75 Å². The molecule has 30 heavy (non-hydrogen) atoms. The van der Waals surface area contributed by atoms with E-state index in [9.17, 15) is 13.2 Å². The topological polar surface area (TPSA) is 62.3 Å². The number of aromatic nitrogens is 2. The summed E-state index contributed by atoms with van der Waals surface area (Å²) in [4.78, 5) is 9.81. The van der Waals surface area contributed by atoms with Crippen LogP contribution in [0.1, 0.15) is 37.4 Å². The molecule has 0 spiro atoms. The molecule has 1 fully saturated rings. The van der Waals surface area contributed by atoms with Crippen molar-refractivity contribution in [1.29, 1.82) is 0 Å². The second-order valence-electron chi connectivity index (χ2n) is 7.13. The number of piperidine rings is 1. The number of nitrogens with one attached hydrogen (secondary N) is 2. The molecule has 10 heteroatoms. The highest BCUT2D eigenvalue weighted by atomic mass is 32.1. The van der Waals surface area contributed by atoms with Gasteiger partial charge in [-0.1, -0.05) is 12.1 Å². The van der Waals surface area contributed by atoms with Gasteiger partial charge in [0.15, 0.2) is 10.8 Å². The van der Waals surface area contributed by atoms with E-state index in [2.05, 4.69) is 20.6 Å². The summed E-state index contributed by atoms with van der Waals surface area (Å²) in [5, 5.41) is 5.79. The Bertz CT molecular complexity index is 876. The summed E-state index contributed by atoms with van der Waals surface area (Å²) < 4.78 is 45.3. The van der Waals surface area contributed by atoms with Crippen molar-refractivity contribution in [3.05, 3.63) is 41.6 Å². The van der Waals surface area contributed by atoms with Crippen LogP contribution in [0, 0.1) is 0 Å². The minimum atomic E-state index is -4.58. The Labute approximate surface area is 178 Å². The Kier molecular flexibility index (Phi) is 6.96. The second-order valence-corrected chi connectivity index (χ2v) is 7.53. The normalized spacial score (nSPS) is 16.8. The van der Waals surface area contributed by atoms with Crippen molar-refractivity contribution in [1.82, 2.24) is 15.3 Å². The minimum Gasteiger partial charge on any atom is -0.497 e. The van der Waals surface area contributed by atoms with Gasteiger partial charge < -0.3 is 20.3 Å². The number of hydrogen-bond acceptors (Lipinski definition) is 5. The lowest BCUT2D eigenvalue weighted by Crippen LogP contribution is -2.38. The molecule has 1 aliphatic rings. The Morgan fingerprint density at radius 3 is 2.60 bits per heavy atom. The summed E-state index contributed by atoms with van der Waals surface area (Å²) in [6.45, 7) is 3.04. The van der Waals surface area contributed by atoms with Crippen LogP contribution in [0.3, 0.4) is 0 Å². The molecule has 0 amide bonds. The lowest BCUT2D eigenvalue weighted by molar-refractivity contribution is -0.141. The number of anilines is 2. The van der Waals surface area contributed by atoms with E-state index in [4.69, 9.17) is 17.0 Å². The van der Waals surface area contributed by atoms with E-state index in [1.165, 1.54) is 0 Å². The van der Waals surface area contributed by atoms with Crippen molar-refractivity contribution in [3.63, 3.8) is 0 Å². The number of ether oxygens (including phenoxy) is 1. The van der Waals surface area contributed by atoms with Gasteiger partial charge >= 0.3 is 6.18 Å². The van der Waals surface area contributed by atoms with Gasteiger partial charge in [0.05, 0.1) is 7.11 Å². The summed E-state index contributed by atoms with van der Waals surface area (Å²) in [5.74, 6) is 0.811. The minimum absolute atomic E-state index is 0.114. The quantitative estimate of drug-likeness (QED) is 0.671. The molecule has 2 heterocycles. The van der Waals surface area contributed by atoms with Gasteiger partial charge in [-0.05, 0) is 56.1 Å². The zero-order chi connectivity index (χ0) is 21.7. The molecule has 1 aliphatic heterocycles. The third-order valence-corrected chi connectivity index (χ3v) is 5.18. The standard InChI is InChI=1S/C20H24F3N5OS/c1-13-5-3-4-10-28(13)17-11-16(20(21,22)23)25-18(26-17)27-19(30)24-12-14-6-8-15(29-2)9-7-14/h6-9,11,13H,3-5,10,12H2,1-2H3,(H2,24,25,26,27,30)/t13-/m1/s1. The van der Waals surface area contributed by atoms with Crippen molar-refractivity contribution >= 4 is 29.1 Å². The van der Waals surface area contributed by atoms with Crippen LogP contribution in [0.4, 0.5) is 24.9 Å². The lowest BCUT2D eigenvalue weighted by Gasteiger charge is -2.34. The van der Waals surface area contributed by atoms with E-state index in [1.54, 1.807) is 7.11 Å². The molecule has 162 valence electrons. The molecular weight excluding hydrogens is 415 g/mol. The van der Waals surface area contributed by atoms with Crippen LogP contribution in [0.15, 0.2) is 30.3 Å². The van der Waals surface area contributed by atoms with Crippen LogP contribution in [-0.2, 0) is 12.7 Å². The summed E-state index contributed by atoms with van der Waals surface area (Å²) in [7, 11) is 1.58. The van der Waals surface area contributed by atoms with Crippen molar-refractivity contribution in [2.75, 3.05) is 23.9 Å². The monoisotopic (exact) mass is 439 g/mol. The first-order valence-electron chi connectivity index (χ1n) is 9.67. The van der Waals surface area contributed by atoms with Crippen molar-refractivity contribution in [3.8, 4) is 5.75 Å². The predicted molar refractivity (Wildman–Crippen MR) is 114 cm³/mol. The molecule has 1 saturated heterocycles. The average Bonchev–Trinajstić information content (AvgIpc) is 2.72. The second kappa shape index (κ2) is 9.46. The number of nitrogens with zero attached hydrogens (tertiary/aromatic N) is 3. The van der Waals surface area contributed by atoms with Gasteiger partial charge in [0.2, 0.25) is 5.95 Å². The molecule has 0 radical (unpaired) electrons. The van der Waals surface area contributed by atoms with Gasteiger partial charge in [-0.3, -0.25) is 0 Å². The van der Waals surface area contributed by atoms with E-state index in [0.29, 0.717) is 13.1 Å². The maximum Gasteiger partial charge on any atom is 0.433 e. The van der Waals surface area contributed by atoms with Crippen LogP contribution in [0.25, 0.3) is 0 Å². The van der Waals surface area contributed by atoms with E-state index in [-0.39, 0.29) is 22.9 Å². The maximum absolute atomic E-state index is 13.4. The van der Waals surface area contributed by atoms with Gasteiger partial charge in [-0.15, -0.1) is 0 Å². The van der Waals surface area contributed by atoms with Crippen molar-refractivity contribution < 1.29 is 17.9 Å². The number of halogens is 3. The van der Waals surface area contributed by atoms with Crippen molar-refractivity contribution in [2.45, 2.75) is 44.9 Å². The Morgan fingerprint density at radius 1 is 1.23 bits per heavy atom. The first kappa shape index (κ1) is 22.1. The molecule has 0 unspecified atom stereocenters. The molecule has 0 saturated carbocycles. The molecule has 3 rings (SSSR count). The zero-order valence-electron chi connectivity index (χ0n) is 16.8. The van der Waals surface area contributed by atoms with E-state index in [0.717, 1.165) is 36.6 Å². The highest BCUT2D eigenvalue weighted by molar-refractivity contribution is 7.80. The van der Waals surface area contributed by atoms with Crippen LogP contribution < -0.4 is 20.3 Å². The zero-order valence-corrected chi connectivity index (χ0v) is 17.6. The van der Waals surface area contributed by atoms with Crippen molar-refractivity contribution in [2.24, 2.45) is 0 Å². The fraction of sp³-hybridized carbons (Fsp3) is 0.450.